The standard InChI is InChI=1S/C13H26N2O3/c1-13(2,3)12(16)18-15-8-5-11(6-9-15)17-10-4-7-14/h11H,4-10,14H2,1-3H3. The third-order valence-corrected chi connectivity index (χ3v) is 2.93. The number of ether oxygens (including phenoxy) is 1. The van der Waals surface area contributed by atoms with Crippen molar-refractivity contribution >= 4 is 5.97 Å². The molecule has 0 spiro atoms. The molecule has 1 rings (SSSR count). The van der Waals surface area contributed by atoms with Gasteiger partial charge in [-0.2, -0.15) is 0 Å². The topological polar surface area (TPSA) is 64.8 Å². The minimum absolute atomic E-state index is 0.176. The predicted octanol–water partition coefficient (Wildman–Crippen LogP) is 1.32. The minimum Gasteiger partial charge on any atom is -0.378 e. The molecule has 1 fully saturated rings. The van der Waals surface area contributed by atoms with Gasteiger partial charge in [-0.1, -0.05) is 0 Å². The van der Waals surface area contributed by atoms with Crippen molar-refractivity contribution in [1.29, 1.82) is 0 Å². The van der Waals surface area contributed by atoms with Gasteiger partial charge in [0.25, 0.3) is 0 Å². The second-order valence-electron chi connectivity index (χ2n) is 5.77. The highest BCUT2D eigenvalue weighted by atomic mass is 16.7. The average molecular weight is 258 g/mol. The van der Waals surface area contributed by atoms with Crippen LogP contribution in [0.25, 0.3) is 0 Å². The number of carbonyl (C=O) groups is 1. The summed E-state index contributed by atoms with van der Waals surface area (Å²) >= 11 is 0. The highest BCUT2D eigenvalue weighted by Crippen LogP contribution is 2.19. The molecule has 0 atom stereocenters. The predicted molar refractivity (Wildman–Crippen MR) is 69.8 cm³/mol. The fraction of sp³-hybridized carbons (Fsp3) is 0.923. The van der Waals surface area contributed by atoms with Gasteiger partial charge in [-0.15, -0.1) is 5.06 Å². The first kappa shape index (κ1) is 15.4. The molecule has 5 heteroatoms. The molecule has 1 saturated heterocycles. The Hall–Kier alpha value is -0.650. The van der Waals surface area contributed by atoms with Gasteiger partial charge in [0, 0.05) is 19.7 Å². The number of hydrogen-bond donors (Lipinski definition) is 1. The fourth-order valence-electron chi connectivity index (χ4n) is 1.68. The highest BCUT2D eigenvalue weighted by molar-refractivity contribution is 5.75. The molecule has 0 unspecified atom stereocenters. The van der Waals surface area contributed by atoms with Crippen LogP contribution in [0, 0.1) is 5.41 Å². The van der Waals surface area contributed by atoms with Crippen molar-refractivity contribution in [2.45, 2.75) is 46.1 Å². The van der Waals surface area contributed by atoms with Crippen LogP contribution < -0.4 is 5.73 Å². The van der Waals surface area contributed by atoms with Gasteiger partial charge in [-0.05, 0) is 46.6 Å². The average Bonchev–Trinajstić information content (AvgIpc) is 2.30. The molecule has 5 nitrogen and oxygen atoms in total. The van der Waals surface area contributed by atoms with Gasteiger partial charge in [0.15, 0.2) is 0 Å². The highest BCUT2D eigenvalue weighted by Gasteiger charge is 2.28. The Morgan fingerprint density at radius 2 is 1.94 bits per heavy atom. The Bertz CT molecular complexity index is 255. The first-order valence-electron chi connectivity index (χ1n) is 6.72. The number of hydroxylamine groups is 2. The summed E-state index contributed by atoms with van der Waals surface area (Å²) in [6, 6.07) is 0. The largest absolute Gasteiger partial charge is 0.378 e. The van der Waals surface area contributed by atoms with Crippen LogP contribution in [0.3, 0.4) is 0 Å². The maximum atomic E-state index is 11.7. The minimum atomic E-state index is -0.450. The van der Waals surface area contributed by atoms with Crippen molar-refractivity contribution < 1.29 is 14.4 Å². The Morgan fingerprint density at radius 1 is 1.33 bits per heavy atom. The van der Waals surface area contributed by atoms with Crippen LogP contribution in [0.2, 0.25) is 0 Å². The molecule has 18 heavy (non-hydrogen) atoms. The van der Waals surface area contributed by atoms with E-state index in [9.17, 15) is 4.79 Å². The molecule has 0 radical (unpaired) electrons. The van der Waals surface area contributed by atoms with Crippen LogP contribution in [0.1, 0.15) is 40.0 Å². The van der Waals surface area contributed by atoms with Crippen molar-refractivity contribution in [2.24, 2.45) is 11.1 Å². The summed E-state index contributed by atoms with van der Waals surface area (Å²) in [7, 11) is 0. The molecule has 0 aliphatic carbocycles. The molecule has 2 N–H and O–H groups in total. The number of nitrogens with zero attached hydrogens (tertiary/aromatic N) is 1. The zero-order valence-electron chi connectivity index (χ0n) is 11.8. The molecule has 0 bridgehead atoms. The van der Waals surface area contributed by atoms with Crippen LogP contribution in [0.4, 0.5) is 0 Å². The summed E-state index contributed by atoms with van der Waals surface area (Å²) in [6.07, 6.45) is 2.99. The lowest BCUT2D eigenvalue weighted by Crippen LogP contribution is -2.40. The van der Waals surface area contributed by atoms with Crippen LogP contribution >= 0.6 is 0 Å². The van der Waals surface area contributed by atoms with Crippen LogP contribution in [-0.4, -0.2) is 43.4 Å². The first-order valence-corrected chi connectivity index (χ1v) is 6.72. The third kappa shape index (κ3) is 5.33. The van der Waals surface area contributed by atoms with Gasteiger partial charge in [-0.25, -0.2) is 4.79 Å². The number of piperidine rings is 1. The van der Waals surface area contributed by atoms with E-state index in [1.807, 2.05) is 20.8 Å². The molecule has 0 amide bonds. The summed E-state index contributed by atoms with van der Waals surface area (Å²) in [5, 5.41) is 1.75. The van der Waals surface area contributed by atoms with Crippen LogP contribution in [0.5, 0.6) is 0 Å². The smallest absolute Gasteiger partial charge is 0.330 e. The van der Waals surface area contributed by atoms with Crippen molar-refractivity contribution in [3.63, 3.8) is 0 Å². The first-order chi connectivity index (χ1) is 8.43. The van der Waals surface area contributed by atoms with E-state index in [-0.39, 0.29) is 12.1 Å². The van der Waals surface area contributed by atoms with E-state index in [0.29, 0.717) is 6.54 Å². The number of carbonyl (C=O) groups excluding carboxylic acids is 1. The van der Waals surface area contributed by atoms with E-state index in [0.717, 1.165) is 39.0 Å². The fourth-order valence-corrected chi connectivity index (χ4v) is 1.68. The monoisotopic (exact) mass is 258 g/mol. The van der Waals surface area contributed by atoms with Crippen LogP contribution in [0.15, 0.2) is 0 Å². The van der Waals surface area contributed by atoms with E-state index in [1.165, 1.54) is 0 Å². The zero-order valence-corrected chi connectivity index (χ0v) is 11.8. The SMILES string of the molecule is CC(C)(C)C(=O)ON1CCC(OCCCN)CC1. The third-order valence-electron chi connectivity index (χ3n) is 2.93. The van der Waals surface area contributed by atoms with E-state index < -0.39 is 5.41 Å². The van der Waals surface area contributed by atoms with Gasteiger partial charge in [-0.3, -0.25) is 0 Å². The van der Waals surface area contributed by atoms with E-state index >= 15 is 0 Å². The molecule has 0 aromatic rings. The van der Waals surface area contributed by atoms with E-state index in [4.69, 9.17) is 15.3 Å². The Kier molecular flexibility index (Phi) is 6.05. The molecule has 1 heterocycles. The van der Waals surface area contributed by atoms with Crippen molar-refractivity contribution in [3.05, 3.63) is 0 Å². The number of nitrogens with two attached hydrogens (primary N) is 1. The summed E-state index contributed by atoms with van der Waals surface area (Å²) in [4.78, 5) is 17.1. The molecule has 0 saturated carbocycles. The van der Waals surface area contributed by atoms with Crippen molar-refractivity contribution in [2.75, 3.05) is 26.2 Å². The molecule has 0 aromatic heterocycles. The zero-order chi connectivity index (χ0) is 13.6. The molecular weight excluding hydrogens is 232 g/mol. The van der Waals surface area contributed by atoms with Gasteiger partial charge in [0.2, 0.25) is 0 Å². The Balaban J connectivity index is 2.21. The molecular formula is C13H26N2O3. The lowest BCUT2D eigenvalue weighted by molar-refractivity contribution is -0.209. The lowest BCUT2D eigenvalue weighted by Gasteiger charge is -2.32. The second-order valence-corrected chi connectivity index (χ2v) is 5.77. The number of rotatable bonds is 5. The Morgan fingerprint density at radius 3 is 2.44 bits per heavy atom. The van der Waals surface area contributed by atoms with Crippen LogP contribution in [-0.2, 0) is 14.4 Å². The maximum Gasteiger partial charge on any atom is 0.330 e. The van der Waals surface area contributed by atoms with E-state index in [1.54, 1.807) is 5.06 Å². The summed E-state index contributed by atoms with van der Waals surface area (Å²) in [5.74, 6) is -0.176. The summed E-state index contributed by atoms with van der Waals surface area (Å²) < 4.78 is 5.70. The van der Waals surface area contributed by atoms with Gasteiger partial charge in [0.05, 0.1) is 11.5 Å². The molecule has 1 aliphatic heterocycles. The maximum absolute atomic E-state index is 11.7. The normalized spacial score (nSPS) is 18.9. The van der Waals surface area contributed by atoms with Crippen molar-refractivity contribution in [1.82, 2.24) is 5.06 Å². The summed E-state index contributed by atoms with van der Waals surface area (Å²) in [6.45, 7) is 8.46. The van der Waals surface area contributed by atoms with E-state index in [2.05, 4.69) is 0 Å². The van der Waals surface area contributed by atoms with Crippen molar-refractivity contribution in [3.8, 4) is 0 Å². The second kappa shape index (κ2) is 7.07. The molecule has 0 aromatic carbocycles. The Labute approximate surface area is 110 Å². The molecule has 106 valence electrons. The van der Waals surface area contributed by atoms with Gasteiger partial charge >= 0.3 is 5.97 Å². The quantitative estimate of drug-likeness (QED) is 0.753. The van der Waals surface area contributed by atoms with Gasteiger partial charge < -0.3 is 15.3 Å². The van der Waals surface area contributed by atoms with Gasteiger partial charge in [0.1, 0.15) is 0 Å². The molecule has 1 aliphatic rings. The summed E-state index contributed by atoms with van der Waals surface area (Å²) in [5.41, 5.74) is 4.97. The number of hydrogen-bond acceptors (Lipinski definition) is 5. The lowest BCUT2D eigenvalue weighted by atomic mass is 9.98.